The van der Waals surface area contributed by atoms with E-state index in [-0.39, 0.29) is 6.04 Å². The molecule has 1 atom stereocenters. The highest BCUT2D eigenvalue weighted by atomic mass is 79.9. The van der Waals surface area contributed by atoms with Crippen molar-refractivity contribution in [3.05, 3.63) is 106 Å². The first-order valence-corrected chi connectivity index (χ1v) is 9.02. The molecule has 0 N–H and O–H groups in total. The van der Waals surface area contributed by atoms with Gasteiger partial charge in [-0.3, -0.25) is 4.90 Å². The van der Waals surface area contributed by atoms with Crippen molar-refractivity contribution in [2.45, 2.75) is 19.1 Å². The molecule has 2 nitrogen and oxygen atoms in total. The molecule has 3 heteroatoms. The Hall–Kier alpha value is -2.41. The zero-order chi connectivity index (χ0) is 17.5. The van der Waals surface area contributed by atoms with Crippen LogP contribution in [0.1, 0.15) is 22.7 Å². The van der Waals surface area contributed by atoms with E-state index < -0.39 is 0 Å². The molecule has 3 aromatic rings. The molecule has 0 amide bonds. The minimum atomic E-state index is -0.298. The number of hydrogen-bond donors (Lipinski definition) is 0. The normalized spacial score (nSPS) is 11.9. The van der Waals surface area contributed by atoms with Gasteiger partial charge in [0, 0.05) is 17.6 Å². The van der Waals surface area contributed by atoms with Crippen molar-refractivity contribution in [2.75, 3.05) is 0 Å². The van der Waals surface area contributed by atoms with Gasteiger partial charge in [0.1, 0.15) is 6.04 Å². The molecule has 124 valence electrons. The Labute approximate surface area is 157 Å². The van der Waals surface area contributed by atoms with Gasteiger partial charge in [0.05, 0.1) is 6.07 Å². The average Bonchev–Trinajstić information content (AvgIpc) is 2.65. The molecule has 0 aromatic heterocycles. The molecule has 0 saturated carbocycles. The molecule has 0 spiro atoms. The molecule has 0 aliphatic rings. The van der Waals surface area contributed by atoms with Gasteiger partial charge in [0.15, 0.2) is 0 Å². The highest BCUT2D eigenvalue weighted by molar-refractivity contribution is 9.10. The van der Waals surface area contributed by atoms with Crippen molar-refractivity contribution in [3.63, 3.8) is 0 Å². The summed E-state index contributed by atoms with van der Waals surface area (Å²) in [6, 6.07) is 30.8. The van der Waals surface area contributed by atoms with Gasteiger partial charge >= 0.3 is 0 Å². The maximum Gasteiger partial charge on any atom is 0.124 e. The molecule has 25 heavy (non-hydrogen) atoms. The Balaban J connectivity index is 1.90. The second-order valence-corrected chi connectivity index (χ2v) is 6.88. The summed E-state index contributed by atoms with van der Waals surface area (Å²) in [6.45, 7) is 1.45. The Morgan fingerprint density at radius 1 is 0.760 bits per heavy atom. The van der Waals surface area contributed by atoms with E-state index in [2.05, 4.69) is 51.2 Å². The summed E-state index contributed by atoms with van der Waals surface area (Å²) in [5.41, 5.74) is 3.42. The minimum Gasteiger partial charge on any atom is -0.276 e. The van der Waals surface area contributed by atoms with E-state index in [4.69, 9.17) is 0 Å². The number of halogens is 1. The topological polar surface area (TPSA) is 27.0 Å². The van der Waals surface area contributed by atoms with Gasteiger partial charge in [-0.05, 0) is 28.8 Å². The maximum absolute atomic E-state index is 9.87. The Morgan fingerprint density at radius 3 is 1.68 bits per heavy atom. The van der Waals surface area contributed by atoms with E-state index in [0.717, 1.165) is 23.1 Å². The van der Waals surface area contributed by atoms with Crippen LogP contribution in [0.5, 0.6) is 0 Å². The lowest BCUT2D eigenvalue weighted by Crippen LogP contribution is -2.27. The first-order valence-electron chi connectivity index (χ1n) is 8.23. The second kappa shape index (κ2) is 8.62. The molecule has 0 bridgehead atoms. The Bertz CT molecular complexity index is 782. The van der Waals surface area contributed by atoms with Gasteiger partial charge in [-0.25, -0.2) is 0 Å². The summed E-state index contributed by atoms with van der Waals surface area (Å²) >= 11 is 3.46. The van der Waals surface area contributed by atoms with E-state index in [1.165, 1.54) is 11.1 Å². The monoisotopic (exact) mass is 390 g/mol. The first kappa shape index (κ1) is 17.4. The predicted octanol–water partition coefficient (Wildman–Crippen LogP) is 5.72. The third-order valence-electron chi connectivity index (χ3n) is 4.13. The van der Waals surface area contributed by atoms with Gasteiger partial charge in [-0.15, -0.1) is 0 Å². The molecule has 0 aliphatic carbocycles. The van der Waals surface area contributed by atoms with Crippen LogP contribution in [0.25, 0.3) is 0 Å². The zero-order valence-corrected chi connectivity index (χ0v) is 15.4. The van der Waals surface area contributed by atoms with Crippen LogP contribution in [0, 0.1) is 11.3 Å². The minimum absolute atomic E-state index is 0.298. The van der Waals surface area contributed by atoms with Crippen molar-refractivity contribution in [1.29, 1.82) is 5.26 Å². The van der Waals surface area contributed by atoms with Crippen molar-refractivity contribution >= 4 is 15.9 Å². The van der Waals surface area contributed by atoms with E-state index in [1.807, 2.05) is 60.7 Å². The Morgan fingerprint density at radius 2 is 1.24 bits per heavy atom. The van der Waals surface area contributed by atoms with Crippen LogP contribution in [0.3, 0.4) is 0 Å². The Kier molecular flexibility index (Phi) is 6.00. The lowest BCUT2D eigenvalue weighted by molar-refractivity contribution is 0.217. The summed E-state index contributed by atoms with van der Waals surface area (Å²) in [6.07, 6.45) is 0. The number of nitrogens with zero attached hydrogens (tertiary/aromatic N) is 2. The van der Waals surface area contributed by atoms with Crippen molar-refractivity contribution in [3.8, 4) is 6.07 Å². The zero-order valence-electron chi connectivity index (χ0n) is 13.8. The highest BCUT2D eigenvalue weighted by Gasteiger charge is 2.20. The van der Waals surface area contributed by atoms with Crippen molar-refractivity contribution in [1.82, 2.24) is 4.90 Å². The van der Waals surface area contributed by atoms with Crippen LogP contribution >= 0.6 is 15.9 Å². The van der Waals surface area contributed by atoms with E-state index >= 15 is 0 Å². The maximum atomic E-state index is 9.87. The fourth-order valence-electron chi connectivity index (χ4n) is 2.89. The number of rotatable bonds is 6. The molecule has 1 unspecified atom stereocenters. The molecule has 0 saturated heterocycles. The van der Waals surface area contributed by atoms with E-state index in [0.29, 0.717) is 0 Å². The van der Waals surface area contributed by atoms with E-state index in [1.54, 1.807) is 0 Å². The lowest BCUT2D eigenvalue weighted by atomic mass is 10.0. The number of benzene rings is 3. The van der Waals surface area contributed by atoms with Crippen molar-refractivity contribution in [2.24, 2.45) is 0 Å². The van der Waals surface area contributed by atoms with Gasteiger partial charge in [-0.2, -0.15) is 5.26 Å². The van der Waals surface area contributed by atoms with Gasteiger partial charge in [0.2, 0.25) is 0 Å². The molecule has 0 fully saturated rings. The van der Waals surface area contributed by atoms with Gasteiger partial charge in [-0.1, -0.05) is 88.7 Å². The van der Waals surface area contributed by atoms with Crippen LogP contribution in [0.4, 0.5) is 0 Å². The summed E-state index contributed by atoms with van der Waals surface area (Å²) in [5.74, 6) is 0. The summed E-state index contributed by atoms with van der Waals surface area (Å²) in [7, 11) is 0. The molecular formula is C22H19BrN2. The summed E-state index contributed by atoms with van der Waals surface area (Å²) < 4.78 is 1.02. The second-order valence-electron chi connectivity index (χ2n) is 5.96. The summed E-state index contributed by atoms with van der Waals surface area (Å²) in [4.78, 5) is 2.22. The molecular weight excluding hydrogens is 372 g/mol. The summed E-state index contributed by atoms with van der Waals surface area (Å²) in [5, 5.41) is 9.87. The molecule has 0 heterocycles. The first-order chi connectivity index (χ1) is 12.3. The number of hydrogen-bond acceptors (Lipinski definition) is 2. The fourth-order valence-corrected chi connectivity index (χ4v) is 3.15. The highest BCUT2D eigenvalue weighted by Crippen LogP contribution is 2.26. The molecule has 3 aromatic carbocycles. The van der Waals surface area contributed by atoms with Crippen LogP contribution < -0.4 is 0 Å². The number of nitriles is 1. The van der Waals surface area contributed by atoms with Crippen LogP contribution in [0.2, 0.25) is 0 Å². The molecule has 3 rings (SSSR count). The third-order valence-corrected chi connectivity index (χ3v) is 4.66. The van der Waals surface area contributed by atoms with Crippen LogP contribution in [-0.2, 0) is 13.1 Å². The quantitative estimate of drug-likeness (QED) is 0.538. The smallest absolute Gasteiger partial charge is 0.124 e. The van der Waals surface area contributed by atoms with Gasteiger partial charge < -0.3 is 0 Å². The van der Waals surface area contributed by atoms with Gasteiger partial charge in [0.25, 0.3) is 0 Å². The largest absolute Gasteiger partial charge is 0.276 e. The van der Waals surface area contributed by atoms with Crippen LogP contribution in [-0.4, -0.2) is 4.90 Å². The standard InChI is InChI=1S/C22H19BrN2/c23-21-13-11-20(12-14-21)22(15-24)25(16-18-7-3-1-4-8-18)17-19-9-5-2-6-10-19/h1-14,22H,16-17H2. The SMILES string of the molecule is N#CC(c1ccc(Br)cc1)N(Cc1ccccc1)Cc1ccccc1. The van der Waals surface area contributed by atoms with Crippen molar-refractivity contribution < 1.29 is 0 Å². The van der Waals surface area contributed by atoms with E-state index in [9.17, 15) is 5.26 Å². The lowest BCUT2D eigenvalue weighted by Gasteiger charge is -2.28. The molecule has 0 radical (unpaired) electrons. The average molecular weight is 391 g/mol. The fraction of sp³-hybridized carbons (Fsp3) is 0.136. The van der Waals surface area contributed by atoms with Crippen LogP contribution in [0.15, 0.2) is 89.4 Å². The molecule has 0 aliphatic heterocycles. The predicted molar refractivity (Wildman–Crippen MR) is 105 cm³/mol. The third kappa shape index (κ3) is 4.79.